The van der Waals surface area contributed by atoms with Crippen LogP contribution in [0.25, 0.3) is 10.8 Å². The van der Waals surface area contributed by atoms with Crippen molar-refractivity contribution in [2.75, 3.05) is 0 Å². The van der Waals surface area contributed by atoms with E-state index in [1.807, 2.05) is 12.1 Å². The lowest BCUT2D eigenvalue weighted by atomic mass is 9.96. The molecule has 1 aliphatic rings. The number of carbonyl (C=O) groups is 1. The number of rotatable bonds is 7. The van der Waals surface area contributed by atoms with Crippen molar-refractivity contribution in [3.8, 4) is 5.75 Å². The van der Waals surface area contributed by atoms with Gasteiger partial charge in [-0.25, -0.2) is 4.79 Å². The molecule has 0 aliphatic heterocycles. The summed E-state index contributed by atoms with van der Waals surface area (Å²) in [5, 5.41) is 15.7. The minimum atomic E-state index is -1.23. The molecule has 170 valence electrons. The van der Waals surface area contributed by atoms with Crippen LogP contribution in [0.4, 0.5) is 0 Å². The van der Waals surface area contributed by atoms with Gasteiger partial charge in [0.05, 0.1) is 0 Å². The van der Waals surface area contributed by atoms with Gasteiger partial charge in [0.15, 0.2) is 5.60 Å². The highest BCUT2D eigenvalue weighted by Crippen LogP contribution is 2.37. The van der Waals surface area contributed by atoms with E-state index in [2.05, 4.69) is 66.8 Å². The Hall–Kier alpha value is -2.56. The molecule has 1 fully saturated rings. The molecule has 0 spiro atoms. The normalized spacial score (nSPS) is 19.3. The number of benzene rings is 3. The molecule has 0 aromatic heterocycles. The molecule has 32 heavy (non-hydrogen) atoms. The number of hydrogen-bond acceptors (Lipinski definition) is 3. The Balaban J connectivity index is 0.00000289. The number of nitrogens with one attached hydrogen (secondary N) is 1. The summed E-state index contributed by atoms with van der Waals surface area (Å²) in [5.74, 6) is 0.133. The second kappa shape index (κ2) is 9.93. The second-order valence-electron chi connectivity index (χ2n) is 9.15. The number of fused-ring (bicyclic) bond motifs is 1. The average Bonchev–Trinajstić information content (AvgIpc) is 3.22. The maximum absolute atomic E-state index is 11.3. The Kier molecular flexibility index (Phi) is 7.47. The molecule has 0 unspecified atom stereocenters. The molecule has 0 saturated heterocycles. The quantitative estimate of drug-likeness (QED) is 0.429. The summed E-state index contributed by atoms with van der Waals surface area (Å²) in [6, 6.07) is 23.8. The van der Waals surface area contributed by atoms with E-state index >= 15 is 0 Å². The molecule has 1 saturated carbocycles. The lowest BCUT2D eigenvalue weighted by Gasteiger charge is -2.22. The first-order chi connectivity index (χ1) is 14.8. The van der Waals surface area contributed by atoms with Crippen molar-refractivity contribution in [3.63, 3.8) is 0 Å². The zero-order valence-electron chi connectivity index (χ0n) is 18.9. The highest BCUT2D eigenvalue weighted by Gasteiger charge is 2.30. The largest absolute Gasteiger partial charge is 0.478 e. The molecule has 1 aliphatic carbocycles. The van der Waals surface area contributed by atoms with Gasteiger partial charge in [0.2, 0.25) is 0 Å². The molecule has 2 N–H and O–H groups in total. The van der Waals surface area contributed by atoms with Crippen molar-refractivity contribution in [3.05, 3.63) is 77.9 Å². The first-order valence-corrected chi connectivity index (χ1v) is 11.1. The molecular weight excluding hydrogens is 422 g/mol. The monoisotopic (exact) mass is 453 g/mol. The van der Waals surface area contributed by atoms with Gasteiger partial charge in [-0.05, 0) is 80.0 Å². The number of carboxylic acid groups (broad SMARTS) is 1. The third kappa shape index (κ3) is 5.25. The molecule has 3 aromatic rings. The van der Waals surface area contributed by atoms with E-state index < -0.39 is 11.6 Å². The molecule has 4 nitrogen and oxygen atoms in total. The second-order valence-corrected chi connectivity index (χ2v) is 9.15. The highest BCUT2D eigenvalue weighted by atomic mass is 35.5. The fourth-order valence-electron chi connectivity index (χ4n) is 4.65. The minimum Gasteiger partial charge on any atom is -0.478 e. The van der Waals surface area contributed by atoms with E-state index in [9.17, 15) is 9.90 Å². The number of aliphatic carboxylic acids is 1. The van der Waals surface area contributed by atoms with Crippen molar-refractivity contribution in [2.24, 2.45) is 0 Å². The van der Waals surface area contributed by atoms with Gasteiger partial charge in [-0.15, -0.1) is 12.4 Å². The highest BCUT2D eigenvalue weighted by molar-refractivity contribution is 5.86. The van der Waals surface area contributed by atoms with Crippen LogP contribution in [0.5, 0.6) is 5.75 Å². The summed E-state index contributed by atoms with van der Waals surface area (Å²) in [6.45, 7) is 5.38. The SMILES string of the molecule is C[C@@H](N[C@H]1CC[C@@H](c2ccc(OC(C)(C)C(=O)O)cc2)C1)c1cccc2ccccc12.Cl. The van der Waals surface area contributed by atoms with Crippen molar-refractivity contribution >= 4 is 29.1 Å². The Morgan fingerprint density at radius 1 is 1.03 bits per heavy atom. The Bertz CT molecular complexity index is 1060. The number of ether oxygens (including phenoxy) is 1. The average molecular weight is 454 g/mol. The Morgan fingerprint density at radius 3 is 2.44 bits per heavy atom. The van der Waals surface area contributed by atoms with Crippen molar-refractivity contribution in [1.29, 1.82) is 0 Å². The first-order valence-electron chi connectivity index (χ1n) is 11.1. The van der Waals surface area contributed by atoms with Gasteiger partial charge >= 0.3 is 5.97 Å². The van der Waals surface area contributed by atoms with Crippen LogP contribution in [-0.2, 0) is 4.79 Å². The molecule has 0 heterocycles. The minimum absolute atomic E-state index is 0. The zero-order valence-corrected chi connectivity index (χ0v) is 19.7. The van der Waals surface area contributed by atoms with Crippen molar-refractivity contribution < 1.29 is 14.6 Å². The van der Waals surface area contributed by atoms with Gasteiger partial charge in [-0.1, -0.05) is 54.6 Å². The Morgan fingerprint density at radius 2 is 1.72 bits per heavy atom. The number of halogens is 1. The maximum Gasteiger partial charge on any atom is 0.347 e. The molecule has 0 radical (unpaired) electrons. The van der Waals surface area contributed by atoms with Gasteiger partial charge in [-0.3, -0.25) is 0 Å². The summed E-state index contributed by atoms with van der Waals surface area (Å²) in [5.41, 5.74) is 1.41. The topological polar surface area (TPSA) is 58.6 Å². The maximum atomic E-state index is 11.3. The van der Waals surface area contributed by atoms with E-state index in [1.54, 1.807) is 13.8 Å². The smallest absolute Gasteiger partial charge is 0.347 e. The van der Waals surface area contributed by atoms with Gasteiger partial charge in [0.25, 0.3) is 0 Å². The van der Waals surface area contributed by atoms with Crippen LogP contribution in [0, 0.1) is 0 Å². The summed E-state index contributed by atoms with van der Waals surface area (Å²) in [6.07, 6.45) is 3.42. The van der Waals surface area contributed by atoms with Crippen LogP contribution in [0.15, 0.2) is 66.7 Å². The third-order valence-corrected chi connectivity index (χ3v) is 6.45. The van der Waals surface area contributed by atoms with Crippen molar-refractivity contribution in [1.82, 2.24) is 5.32 Å². The predicted octanol–water partition coefficient (Wildman–Crippen LogP) is 6.49. The summed E-state index contributed by atoms with van der Waals surface area (Å²) >= 11 is 0. The lowest BCUT2D eigenvalue weighted by molar-refractivity contribution is -0.152. The fraction of sp³-hybridized carbons (Fsp3) is 0.370. The van der Waals surface area contributed by atoms with Crippen LogP contribution < -0.4 is 10.1 Å². The van der Waals surface area contributed by atoms with Crippen LogP contribution >= 0.6 is 12.4 Å². The van der Waals surface area contributed by atoms with E-state index in [4.69, 9.17) is 4.74 Å². The molecule has 3 atom stereocenters. The van der Waals surface area contributed by atoms with Crippen LogP contribution in [0.1, 0.15) is 63.1 Å². The van der Waals surface area contributed by atoms with E-state index in [0.29, 0.717) is 23.8 Å². The van der Waals surface area contributed by atoms with Gasteiger partial charge in [0.1, 0.15) is 5.75 Å². The number of hydrogen-bond donors (Lipinski definition) is 2. The molecule has 5 heteroatoms. The van der Waals surface area contributed by atoms with Crippen molar-refractivity contribution in [2.45, 2.75) is 63.6 Å². The molecular formula is C27H32ClNO3. The van der Waals surface area contributed by atoms with E-state index in [1.165, 1.54) is 21.9 Å². The Labute approximate surface area is 196 Å². The predicted molar refractivity (Wildman–Crippen MR) is 132 cm³/mol. The van der Waals surface area contributed by atoms with E-state index in [-0.39, 0.29) is 12.4 Å². The van der Waals surface area contributed by atoms with Gasteiger partial charge in [0, 0.05) is 12.1 Å². The molecule has 3 aromatic carbocycles. The number of carboxylic acids is 1. The van der Waals surface area contributed by atoms with Crippen LogP contribution in [0.3, 0.4) is 0 Å². The summed E-state index contributed by atoms with van der Waals surface area (Å²) < 4.78 is 5.63. The standard InChI is InChI=1S/C27H31NO3.ClH/c1-18(24-10-6-8-20-7-4-5-9-25(20)24)28-22-14-11-21(17-22)19-12-15-23(16-13-19)31-27(2,3)26(29)30;/h4-10,12-13,15-16,18,21-22,28H,11,14,17H2,1-3H3,(H,29,30);1H/t18-,21-,22+;/m1./s1. The summed E-state index contributed by atoms with van der Waals surface area (Å²) in [7, 11) is 0. The molecule has 0 bridgehead atoms. The molecule has 0 amide bonds. The van der Waals surface area contributed by atoms with Crippen LogP contribution in [-0.4, -0.2) is 22.7 Å². The first kappa shape index (κ1) is 24.1. The fourth-order valence-corrected chi connectivity index (χ4v) is 4.65. The van der Waals surface area contributed by atoms with E-state index in [0.717, 1.165) is 19.3 Å². The lowest BCUT2D eigenvalue weighted by Crippen LogP contribution is -2.37. The summed E-state index contributed by atoms with van der Waals surface area (Å²) in [4.78, 5) is 11.3. The van der Waals surface area contributed by atoms with Gasteiger partial charge < -0.3 is 15.2 Å². The third-order valence-electron chi connectivity index (χ3n) is 6.45. The zero-order chi connectivity index (χ0) is 22.0. The molecule has 4 rings (SSSR count). The van der Waals surface area contributed by atoms with Gasteiger partial charge in [-0.2, -0.15) is 0 Å². The van der Waals surface area contributed by atoms with Crippen LogP contribution in [0.2, 0.25) is 0 Å².